The fourth-order valence-electron chi connectivity index (χ4n) is 1.72. The Hall–Kier alpha value is -1.46. The SMILES string of the molecule is NCCc1ccc(CNc2ncc(Br)cc2F)cc1. The Morgan fingerprint density at radius 1 is 1.21 bits per heavy atom. The fourth-order valence-corrected chi connectivity index (χ4v) is 2.02. The first-order chi connectivity index (χ1) is 9.19. The Morgan fingerprint density at radius 3 is 2.53 bits per heavy atom. The van der Waals surface area contributed by atoms with Crippen LogP contribution >= 0.6 is 15.9 Å². The van der Waals surface area contributed by atoms with Gasteiger partial charge in [-0.1, -0.05) is 24.3 Å². The summed E-state index contributed by atoms with van der Waals surface area (Å²) in [6.07, 6.45) is 2.44. The van der Waals surface area contributed by atoms with E-state index < -0.39 is 0 Å². The minimum atomic E-state index is -0.367. The molecule has 0 aliphatic rings. The van der Waals surface area contributed by atoms with Crippen LogP contribution in [0, 0.1) is 5.82 Å². The zero-order valence-corrected chi connectivity index (χ0v) is 12.0. The lowest BCUT2D eigenvalue weighted by atomic mass is 10.1. The number of anilines is 1. The molecule has 0 unspecified atom stereocenters. The van der Waals surface area contributed by atoms with Crippen molar-refractivity contribution < 1.29 is 4.39 Å². The van der Waals surface area contributed by atoms with Crippen LogP contribution in [0.4, 0.5) is 10.2 Å². The van der Waals surface area contributed by atoms with Gasteiger partial charge in [-0.25, -0.2) is 9.37 Å². The summed E-state index contributed by atoms with van der Waals surface area (Å²) in [6.45, 7) is 1.18. The molecule has 3 N–H and O–H groups in total. The van der Waals surface area contributed by atoms with Crippen molar-refractivity contribution in [2.24, 2.45) is 5.73 Å². The number of halogens is 2. The van der Waals surface area contributed by atoms with Crippen molar-refractivity contribution in [1.29, 1.82) is 0 Å². The molecule has 0 saturated heterocycles. The van der Waals surface area contributed by atoms with Gasteiger partial charge >= 0.3 is 0 Å². The minimum absolute atomic E-state index is 0.259. The summed E-state index contributed by atoms with van der Waals surface area (Å²) in [4.78, 5) is 3.99. The summed E-state index contributed by atoms with van der Waals surface area (Å²) in [5.41, 5.74) is 7.78. The van der Waals surface area contributed by atoms with E-state index in [1.54, 1.807) is 6.20 Å². The zero-order chi connectivity index (χ0) is 13.7. The molecule has 1 aromatic heterocycles. The molecule has 5 heteroatoms. The van der Waals surface area contributed by atoms with E-state index in [0.717, 1.165) is 12.0 Å². The lowest BCUT2D eigenvalue weighted by Gasteiger charge is -2.07. The fraction of sp³-hybridized carbons (Fsp3) is 0.214. The van der Waals surface area contributed by atoms with Gasteiger partial charge in [0.15, 0.2) is 11.6 Å². The van der Waals surface area contributed by atoms with Crippen LogP contribution in [-0.2, 0) is 13.0 Å². The van der Waals surface area contributed by atoms with Gasteiger partial charge in [0.2, 0.25) is 0 Å². The van der Waals surface area contributed by atoms with Crippen LogP contribution in [0.3, 0.4) is 0 Å². The molecule has 100 valence electrons. The molecule has 0 amide bonds. The number of hydrogen-bond acceptors (Lipinski definition) is 3. The number of pyridine rings is 1. The van der Waals surface area contributed by atoms with Crippen molar-refractivity contribution >= 4 is 21.7 Å². The van der Waals surface area contributed by atoms with Crippen LogP contribution in [0.1, 0.15) is 11.1 Å². The minimum Gasteiger partial charge on any atom is -0.364 e. The molecule has 2 aromatic rings. The molecule has 0 atom stereocenters. The maximum absolute atomic E-state index is 13.5. The van der Waals surface area contributed by atoms with Crippen molar-refractivity contribution in [2.45, 2.75) is 13.0 Å². The van der Waals surface area contributed by atoms with Crippen molar-refractivity contribution in [1.82, 2.24) is 4.98 Å². The average molecular weight is 324 g/mol. The Kier molecular flexibility index (Phi) is 4.87. The van der Waals surface area contributed by atoms with E-state index in [2.05, 4.69) is 26.2 Å². The van der Waals surface area contributed by atoms with Crippen LogP contribution in [-0.4, -0.2) is 11.5 Å². The first-order valence-corrected chi connectivity index (χ1v) is 6.81. The molecular formula is C14H15BrFN3. The summed E-state index contributed by atoms with van der Waals surface area (Å²) in [6, 6.07) is 9.48. The Labute approximate surface area is 120 Å². The van der Waals surface area contributed by atoms with E-state index in [-0.39, 0.29) is 11.6 Å². The van der Waals surface area contributed by atoms with E-state index >= 15 is 0 Å². The van der Waals surface area contributed by atoms with Gasteiger partial charge in [-0.15, -0.1) is 0 Å². The average Bonchev–Trinajstić information content (AvgIpc) is 2.40. The standard InChI is InChI=1S/C14H15BrFN3/c15-12-7-13(16)14(19-9-12)18-8-11-3-1-10(2-4-11)5-6-17/h1-4,7,9H,5-6,8,17H2,(H,18,19). The Balaban J connectivity index is 1.98. The second-order valence-electron chi connectivity index (χ2n) is 4.19. The number of nitrogens with zero attached hydrogens (tertiary/aromatic N) is 1. The molecule has 0 bridgehead atoms. The summed E-state index contributed by atoms with van der Waals surface area (Å²) in [7, 11) is 0. The Morgan fingerprint density at radius 2 is 1.89 bits per heavy atom. The van der Waals surface area contributed by atoms with Crippen LogP contribution in [0.25, 0.3) is 0 Å². The van der Waals surface area contributed by atoms with Gasteiger partial charge in [0.25, 0.3) is 0 Å². The lowest BCUT2D eigenvalue weighted by molar-refractivity contribution is 0.623. The van der Waals surface area contributed by atoms with Gasteiger partial charge in [-0.2, -0.15) is 0 Å². The van der Waals surface area contributed by atoms with E-state index in [1.807, 2.05) is 24.3 Å². The topological polar surface area (TPSA) is 50.9 Å². The summed E-state index contributed by atoms with van der Waals surface area (Å²) >= 11 is 3.17. The predicted octanol–water partition coefficient (Wildman–Crippen LogP) is 3.10. The molecule has 2 rings (SSSR count). The molecule has 0 radical (unpaired) electrons. The molecule has 1 heterocycles. The number of aromatic nitrogens is 1. The van der Waals surface area contributed by atoms with Crippen molar-refractivity contribution in [3.05, 3.63) is 57.9 Å². The van der Waals surface area contributed by atoms with Gasteiger partial charge in [0.05, 0.1) is 0 Å². The maximum atomic E-state index is 13.5. The largest absolute Gasteiger partial charge is 0.364 e. The molecule has 19 heavy (non-hydrogen) atoms. The number of rotatable bonds is 5. The predicted molar refractivity (Wildman–Crippen MR) is 78.4 cm³/mol. The molecule has 0 fully saturated rings. The quantitative estimate of drug-likeness (QED) is 0.889. The van der Waals surface area contributed by atoms with E-state index in [4.69, 9.17) is 5.73 Å². The highest BCUT2D eigenvalue weighted by Crippen LogP contribution is 2.17. The first kappa shape index (κ1) is 14.0. The molecule has 1 aromatic carbocycles. The normalized spacial score (nSPS) is 10.5. The number of nitrogens with one attached hydrogen (secondary N) is 1. The second-order valence-corrected chi connectivity index (χ2v) is 5.11. The monoisotopic (exact) mass is 323 g/mol. The van der Waals surface area contributed by atoms with Gasteiger partial charge in [-0.3, -0.25) is 0 Å². The Bertz CT molecular complexity index is 543. The molecular weight excluding hydrogens is 309 g/mol. The smallest absolute Gasteiger partial charge is 0.166 e. The third kappa shape index (κ3) is 4.01. The molecule has 0 aliphatic carbocycles. The lowest BCUT2D eigenvalue weighted by Crippen LogP contribution is -2.05. The van der Waals surface area contributed by atoms with E-state index in [0.29, 0.717) is 17.6 Å². The van der Waals surface area contributed by atoms with Crippen LogP contribution in [0.15, 0.2) is 41.0 Å². The third-order valence-corrected chi connectivity index (χ3v) is 3.16. The highest BCUT2D eigenvalue weighted by atomic mass is 79.9. The van der Waals surface area contributed by atoms with Gasteiger partial charge in [0, 0.05) is 17.2 Å². The third-order valence-electron chi connectivity index (χ3n) is 2.72. The molecule has 0 saturated carbocycles. The van der Waals surface area contributed by atoms with Crippen LogP contribution < -0.4 is 11.1 Å². The first-order valence-electron chi connectivity index (χ1n) is 6.02. The molecule has 0 aliphatic heterocycles. The van der Waals surface area contributed by atoms with Crippen molar-refractivity contribution in [3.63, 3.8) is 0 Å². The van der Waals surface area contributed by atoms with E-state index in [9.17, 15) is 4.39 Å². The maximum Gasteiger partial charge on any atom is 0.166 e. The summed E-state index contributed by atoms with van der Waals surface area (Å²) in [5.74, 6) is -0.108. The number of benzene rings is 1. The van der Waals surface area contributed by atoms with Gasteiger partial charge in [0.1, 0.15) is 0 Å². The van der Waals surface area contributed by atoms with E-state index in [1.165, 1.54) is 11.6 Å². The number of nitrogens with two attached hydrogens (primary N) is 1. The molecule has 3 nitrogen and oxygen atoms in total. The van der Waals surface area contributed by atoms with Crippen molar-refractivity contribution in [2.75, 3.05) is 11.9 Å². The summed E-state index contributed by atoms with van der Waals surface area (Å²) < 4.78 is 14.2. The highest BCUT2D eigenvalue weighted by Gasteiger charge is 2.03. The zero-order valence-electron chi connectivity index (χ0n) is 10.4. The van der Waals surface area contributed by atoms with Crippen molar-refractivity contribution in [3.8, 4) is 0 Å². The number of hydrogen-bond donors (Lipinski definition) is 2. The highest BCUT2D eigenvalue weighted by molar-refractivity contribution is 9.10. The van der Waals surface area contributed by atoms with Gasteiger partial charge in [-0.05, 0) is 46.1 Å². The van der Waals surface area contributed by atoms with Crippen LogP contribution in [0.2, 0.25) is 0 Å². The molecule has 0 spiro atoms. The second kappa shape index (κ2) is 6.63. The van der Waals surface area contributed by atoms with Crippen LogP contribution in [0.5, 0.6) is 0 Å². The summed E-state index contributed by atoms with van der Waals surface area (Å²) in [5, 5.41) is 2.98. The van der Waals surface area contributed by atoms with Gasteiger partial charge < -0.3 is 11.1 Å².